The van der Waals surface area contributed by atoms with Crippen LogP contribution in [0, 0.1) is 0 Å². The Labute approximate surface area is 207 Å². The Kier molecular flexibility index (Phi) is 4.52. The third kappa shape index (κ3) is 3.22. The summed E-state index contributed by atoms with van der Waals surface area (Å²) in [6.07, 6.45) is 0. The Bertz CT molecular complexity index is 1900. The molecule has 0 bridgehead atoms. The van der Waals surface area contributed by atoms with Gasteiger partial charge in [0.05, 0.1) is 5.56 Å². The van der Waals surface area contributed by atoms with Gasteiger partial charge in [0.1, 0.15) is 29.3 Å². The second-order valence-electron chi connectivity index (χ2n) is 9.52. The molecule has 7 rings (SSSR count). The number of fused-ring (bicyclic) bond motifs is 6. The number of pyridine rings is 1. The molecule has 0 radical (unpaired) electrons. The van der Waals surface area contributed by atoms with Gasteiger partial charge in [0, 0.05) is 16.1 Å². The number of para-hydroxylation sites is 2. The normalized spacial score (nSPS) is 12.3. The molecule has 4 nitrogen and oxygen atoms in total. The van der Waals surface area contributed by atoms with E-state index in [1.165, 1.54) is 0 Å². The number of nitrogens with zero attached hydrogens (tertiary/aromatic N) is 1. The van der Waals surface area contributed by atoms with Gasteiger partial charge in [-0.15, -0.1) is 0 Å². The van der Waals surface area contributed by atoms with E-state index in [4.69, 9.17) is 13.8 Å². The van der Waals surface area contributed by atoms with E-state index in [1.54, 1.807) is 13.3 Å². The molecule has 4 aromatic carbocycles. The fraction of sp³-hybridized carbons (Fsp3) is 0.0645. The summed E-state index contributed by atoms with van der Waals surface area (Å²) in [5, 5.41) is 2.84. The van der Waals surface area contributed by atoms with Gasteiger partial charge < -0.3 is 13.4 Å². The van der Waals surface area contributed by atoms with Gasteiger partial charge in [-0.2, -0.15) is 0 Å². The van der Waals surface area contributed by atoms with E-state index in [2.05, 4.69) is 18.2 Å². The van der Waals surface area contributed by atoms with Crippen molar-refractivity contribution in [3.63, 3.8) is 0 Å². The van der Waals surface area contributed by atoms with Crippen LogP contribution in [-0.2, 0) is 4.57 Å². The maximum absolute atomic E-state index is 12.5. The van der Waals surface area contributed by atoms with Crippen LogP contribution in [0.4, 0.5) is 0 Å². The highest BCUT2D eigenvalue weighted by molar-refractivity contribution is 7.70. The van der Waals surface area contributed by atoms with Crippen molar-refractivity contribution in [2.75, 3.05) is 13.3 Å². The Morgan fingerprint density at radius 3 is 1.75 bits per heavy atom. The van der Waals surface area contributed by atoms with E-state index < -0.39 is 7.14 Å². The summed E-state index contributed by atoms with van der Waals surface area (Å²) in [5.74, 6) is 0. The minimum Gasteiger partial charge on any atom is -0.454 e. The minimum atomic E-state index is -2.30. The average molecular weight is 487 g/mol. The van der Waals surface area contributed by atoms with Gasteiger partial charge in [-0.05, 0) is 60.4 Å². The van der Waals surface area contributed by atoms with Gasteiger partial charge in [0.25, 0.3) is 0 Å². The van der Waals surface area contributed by atoms with E-state index in [-0.39, 0.29) is 0 Å². The van der Waals surface area contributed by atoms with E-state index in [9.17, 15) is 4.57 Å². The van der Waals surface area contributed by atoms with E-state index in [1.807, 2.05) is 78.9 Å². The summed E-state index contributed by atoms with van der Waals surface area (Å²) >= 11 is 0. The van der Waals surface area contributed by atoms with Crippen molar-refractivity contribution in [2.45, 2.75) is 0 Å². The van der Waals surface area contributed by atoms with Gasteiger partial charge in [0.2, 0.25) is 0 Å². The van der Waals surface area contributed by atoms with Gasteiger partial charge in [0.15, 0.2) is 11.2 Å². The lowest BCUT2D eigenvalue weighted by Crippen LogP contribution is -2.01. The van der Waals surface area contributed by atoms with Crippen LogP contribution in [0.1, 0.15) is 0 Å². The molecular weight excluding hydrogens is 465 g/mol. The van der Waals surface area contributed by atoms with E-state index >= 15 is 0 Å². The summed E-state index contributed by atoms with van der Waals surface area (Å²) in [7, 11) is -2.30. The molecule has 0 amide bonds. The molecule has 174 valence electrons. The third-order valence-corrected chi connectivity index (χ3v) is 8.33. The summed E-state index contributed by atoms with van der Waals surface area (Å²) in [5.41, 5.74) is 8.70. The van der Waals surface area contributed by atoms with Crippen molar-refractivity contribution in [2.24, 2.45) is 0 Å². The highest BCUT2D eigenvalue weighted by Gasteiger charge is 2.22. The average Bonchev–Trinajstić information content (AvgIpc) is 3.45. The van der Waals surface area contributed by atoms with Crippen LogP contribution in [0.3, 0.4) is 0 Å². The van der Waals surface area contributed by atoms with Crippen molar-refractivity contribution in [3.05, 3.63) is 97.1 Å². The van der Waals surface area contributed by atoms with Crippen molar-refractivity contribution < 1.29 is 13.4 Å². The molecule has 3 aromatic heterocycles. The zero-order valence-corrected chi connectivity index (χ0v) is 20.8. The van der Waals surface area contributed by atoms with Crippen LogP contribution < -0.4 is 5.30 Å². The second-order valence-corrected chi connectivity index (χ2v) is 12.7. The fourth-order valence-electron chi connectivity index (χ4n) is 4.97. The van der Waals surface area contributed by atoms with Crippen molar-refractivity contribution in [3.8, 4) is 22.3 Å². The number of hydrogen-bond acceptors (Lipinski definition) is 4. The summed E-state index contributed by atoms with van der Waals surface area (Å²) in [4.78, 5) is 5.04. The first-order valence-corrected chi connectivity index (χ1v) is 14.5. The highest BCUT2D eigenvalue weighted by Crippen LogP contribution is 2.43. The van der Waals surface area contributed by atoms with Crippen LogP contribution in [0.5, 0.6) is 0 Å². The number of benzene rings is 4. The second kappa shape index (κ2) is 7.68. The van der Waals surface area contributed by atoms with E-state index in [0.29, 0.717) is 11.2 Å². The largest absolute Gasteiger partial charge is 0.454 e. The third-order valence-electron chi connectivity index (χ3n) is 6.79. The first-order chi connectivity index (χ1) is 17.5. The van der Waals surface area contributed by atoms with Crippen LogP contribution >= 0.6 is 7.14 Å². The first kappa shape index (κ1) is 21.2. The highest BCUT2D eigenvalue weighted by atomic mass is 31.2. The first-order valence-electron chi connectivity index (χ1n) is 11.9. The van der Waals surface area contributed by atoms with Crippen molar-refractivity contribution >= 4 is 56.6 Å². The van der Waals surface area contributed by atoms with Crippen molar-refractivity contribution in [1.82, 2.24) is 4.98 Å². The Balaban J connectivity index is 1.52. The molecule has 36 heavy (non-hydrogen) atoms. The number of hydrogen-bond donors (Lipinski definition) is 0. The van der Waals surface area contributed by atoms with Gasteiger partial charge >= 0.3 is 0 Å². The SMILES string of the molecule is CP(C)(=O)c1ccc(-c2cccc(-c3c4oc5ccccc5c4nc4c3oc3ccccc34)c2)cc1. The zero-order chi connectivity index (χ0) is 24.4. The molecular formula is C31H22NO3P. The lowest BCUT2D eigenvalue weighted by molar-refractivity contribution is 0.588. The molecule has 5 heteroatoms. The molecule has 0 saturated carbocycles. The number of aromatic nitrogens is 1. The van der Waals surface area contributed by atoms with Crippen LogP contribution in [0.15, 0.2) is 106 Å². The maximum Gasteiger partial charge on any atom is 0.165 e. The molecule has 7 aromatic rings. The summed E-state index contributed by atoms with van der Waals surface area (Å²) < 4.78 is 25.2. The van der Waals surface area contributed by atoms with Crippen LogP contribution in [-0.4, -0.2) is 18.3 Å². The lowest BCUT2D eigenvalue weighted by atomic mass is 9.98. The molecule has 0 aliphatic carbocycles. The zero-order valence-electron chi connectivity index (χ0n) is 19.9. The molecule has 0 atom stereocenters. The molecule has 0 spiro atoms. The smallest absolute Gasteiger partial charge is 0.165 e. The Hall–Kier alpha value is -4.14. The lowest BCUT2D eigenvalue weighted by Gasteiger charge is -2.10. The molecule has 0 N–H and O–H groups in total. The summed E-state index contributed by atoms with van der Waals surface area (Å²) in [6.45, 7) is 3.59. The quantitative estimate of drug-likeness (QED) is 0.235. The topological polar surface area (TPSA) is 56.2 Å². The van der Waals surface area contributed by atoms with Gasteiger partial charge in [-0.3, -0.25) is 0 Å². The Morgan fingerprint density at radius 1 is 0.611 bits per heavy atom. The maximum atomic E-state index is 12.5. The van der Waals surface area contributed by atoms with Gasteiger partial charge in [-0.25, -0.2) is 4.98 Å². The molecule has 0 aliphatic rings. The number of rotatable bonds is 3. The monoisotopic (exact) mass is 487 g/mol. The number of furan rings is 2. The fourth-order valence-corrected chi connectivity index (χ4v) is 5.84. The van der Waals surface area contributed by atoms with Crippen LogP contribution in [0.25, 0.3) is 66.4 Å². The summed E-state index contributed by atoms with van der Waals surface area (Å²) in [6, 6.07) is 32.4. The predicted octanol–water partition coefficient (Wildman–Crippen LogP) is 8.46. The van der Waals surface area contributed by atoms with Gasteiger partial charge in [-0.1, -0.05) is 66.7 Å². The van der Waals surface area contributed by atoms with Crippen LogP contribution in [0.2, 0.25) is 0 Å². The Morgan fingerprint density at radius 2 is 1.17 bits per heavy atom. The minimum absolute atomic E-state index is 0.716. The van der Waals surface area contributed by atoms with Crippen molar-refractivity contribution in [1.29, 1.82) is 0 Å². The molecule has 0 unspecified atom stereocenters. The predicted molar refractivity (Wildman–Crippen MR) is 149 cm³/mol. The molecule has 0 fully saturated rings. The molecule has 3 heterocycles. The molecule has 0 saturated heterocycles. The van der Waals surface area contributed by atoms with E-state index in [0.717, 1.165) is 60.5 Å². The standard InChI is InChI=1S/C31H22NO3P/c1-36(2,33)22-16-14-19(15-17-22)20-8-7-9-21(18-20)27-30-28(23-10-3-5-12-25(23)34-30)32-29-24-11-4-6-13-26(24)35-31(27)29/h3-18H,1-2H3. The molecule has 0 aliphatic heterocycles.